The Morgan fingerprint density at radius 1 is 1.16 bits per heavy atom. The van der Waals surface area contributed by atoms with Gasteiger partial charge >= 0.3 is 0 Å². The Labute approximate surface area is 149 Å². The van der Waals surface area contributed by atoms with E-state index in [1.165, 1.54) is 18.2 Å². The zero-order valence-corrected chi connectivity index (χ0v) is 15.0. The molecule has 1 aromatic rings. The fourth-order valence-corrected chi connectivity index (χ4v) is 2.76. The maximum atomic E-state index is 12.5. The molecule has 4 nitrogen and oxygen atoms in total. The van der Waals surface area contributed by atoms with Crippen LogP contribution in [-0.2, 0) is 14.3 Å². The summed E-state index contributed by atoms with van der Waals surface area (Å²) in [7, 11) is 0. The first-order valence-corrected chi connectivity index (χ1v) is 8.58. The predicted octanol–water partition coefficient (Wildman–Crippen LogP) is 3.80. The number of carbonyl (C=O) groups excluding carboxylic acids is 2. The zero-order valence-electron chi connectivity index (χ0n) is 15.0. The maximum absolute atomic E-state index is 12.5. The summed E-state index contributed by atoms with van der Waals surface area (Å²) in [5.74, 6) is -0.353. The van der Waals surface area contributed by atoms with Crippen molar-refractivity contribution < 1.29 is 14.3 Å². The van der Waals surface area contributed by atoms with Crippen LogP contribution in [0.15, 0.2) is 59.7 Å². The molecule has 0 spiro atoms. The highest BCUT2D eigenvalue weighted by Crippen LogP contribution is 2.31. The molecule has 4 heteroatoms. The van der Waals surface area contributed by atoms with Gasteiger partial charge in [0.1, 0.15) is 0 Å². The molecule has 1 aliphatic carbocycles. The summed E-state index contributed by atoms with van der Waals surface area (Å²) in [6.45, 7) is 6.19. The number of hydrogen-bond donors (Lipinski definition) is 1. The molecule has 0 saturated carbocycles. The first kappa shape index (κ1) is 18.9. The van der Waals surface area contributed by atoms with Gasteiger partial charge in [0.05, 0.1) is 6.61 Å². The van der Waals surface area contributed by atoms with Crippen molar-refractivity contribution in [2.24, 2.45) is 0 Å². The van der Waals surface area contributed by atoms with Gasteiger partial charge in [-0.05, 0) is 55.2 Å². The minimum atomic E-state index is -1.05. The normalized spacial score (nSPS) is 16.5. The Hall–Kier alpha value is -2.46. The summed E-state index contributed by atoms with van der Waals surface area (Å²) in [6, 6.07) is 9.61. The summed E-state index contributed by atoms with van der Waals surface area (Å²) in [6.07, 6.45) is 8.13. The molecule has 0 aliphatic heterocycles. The minimum Gasteiger partial charge on any atom is -0.348 e. The molecule has 0 unspecified atom stereocenters. The molecule has 1 N–H and O–H groups in total. The smallest absolute Gasteiger partial charge is 0.246 e. The predicted molar refractivity (Wildman–Crippen MR) is 99.7 cm³/mol. The van der Waals surface area contributed by atoms with Gasteiger partial charge in [-0.3, -0.25) is 9.59 Å². The third kappa shape index (κ3) is 4.77. The second-order valence-corrected chi connectivity index (χ2v) is 6.17. The van der Waals surface area contributed by atoms with E-state index in [1.807, 2.05) is 44.2 Å². The van der Waals surface area contributed by atoms with Crippen LogP contribution in [0.25, 0.3) is 6.08 Å². The lowest BCUT2D eigenvalue weighted by molar-refractivity contribution is -0.124. The number of hydrogen-bond acceptors (Lipinski definition) is 3. The summed E-state index contributed by atoms with van der Waals surface area (Å²) < 4.78 is 6.05. The van der Waals surface area contributed by atoms with Crippen LogP contribution in [0.5, 0.6) is 0 Å². The van der Waals surface area contributed by atoms with Crippen LogP contribution < -0.4 is 5.32 Å². The van der Waals surface area contributed by atoms with E-state index in [2.05, 4.69) is 12.2 Å². The van der Waals surface area contributed by atoms with Crippen LogP contribution in [0, 0.1) is 0 Å². The van der Waals surface area contributed by atoms with E-state index >= 15 is 0 Å². The molecule has 1 amide bonds. The molecule has 2 rings (SSSR count). The molecular formula is C21H25NO3. The zero-order chi connectivity index (χ0) is 18.3. The number of ketones is 1. The molecule has 25 heavy (non-hydrogen) atoms. The highest BCUT2D eigenvalue weighted by molar-refractivity contribution is 6.02. The lowest BCUT2D eigenvalue weighted by Gasteiger charge is -2.38. The Morgan fingerprint density at radius 3 is 2.40 bits per heavy atom. The molecule has 0 bridgehead atoms. The van der Waals surface area contributed by atoms with Gasteiger partial charge in [-0.1, -0.05) is 43.7 Å². The van der Waals surface area contributed by atoms with Crippen molar-refractivity contribution >= 4 is 17.8 Å². The van der Waals surface area contributed by atoms with Crippen LogP contribution in [0.2, 0.25) is 0 Å². The first-order valence-electron chi connectivity index (χ1n) is 8.58. The molecule has 0 aromatic heterocycles. The van der Waals surface area contributed by atoms with E-state index < -0.39 is 5.72 Å². The molecule has 0 heterocycles. The van der Waals surface area contributed by atoms with E-state index in [0.717, 1.165) is 18.4 Å². The van der Waals surface area contributed by atoms with Crippen molar-refractivity contribution in [3.8, 4) is 0 Å². The standard InChI is InChI=1S/C21H25NO3/c1-4-5-13-25-21(16(2)14-19(23)15-17(21)3)22-20(24)12-11-18-9-7-6-8-10-18/h6-12,14-15H,4-5,13H2,1-3H3,(H,22,24)/b12-11+. The second-order valence-electron chi connectivity index (χ2n) is 6.17. The van der Waals surface area contributed by atoms with Crippen LogP contribution in [-0.4, -0.2) is 24.0 Å². The summed E-state index contributed by atoms with van der Waals surface area (Å²) >= 11 is 0. The van der Waals surface area contributed by atoms with Gasteiger partial charge in [-0.2, -0.15) is 0 Å². The monoisotopic (exact) mass is 339 g/mol. The van der Waals surface area contributed by atoms with Gasteiger partial charge in [0.15, 0.2) is 11.5 Å². The van der Waals surface area contributed by atoms with Gasteiger partial charge in [0.25, 0.3) is 0 Å². The highest BCUT2D eigenvalue weighted by Gasteiger charge is 2.39. The summed E-state index contributed by atoms with van der Waals surface area (Å²) in [4.78, 5) is 24.2. The van der Waals surface area contributed by atoms with Gasteiger partial charge < -0.3 is 10.1 Å². The third-order valence-corrected chi connectivity index (χ3v) is 4.17. The third-order valence-electron chi connectivity index (χ3n) is 4.17. The quantitative estimate of drug-likeness (QED) is 0.467. The molecule has 0 atom stereocenters. The van der Waals surface area contributed by atoms with Crippen molar-refractivity contribution in [1.29, 1.82) is 0 Å². The van der Waals surface area contributed by atoms with Crippen LogP contribution >= 0.6 is 0 Å². The van der Waals surface area contributed by atoms with Crippen LogP contribution in [0.3, 0.4) is 0 Å². The van der Waals surface area contributed by atoms with Crippen LogP contribution in [0.1, 0.15) is 39.2 Å². The number of benzene rings is 1. The Morgan fingerprint density at radius 2 is 1.80 bits per heavy atom. The van der Waals surface area contributed by atoms with Crippen molar-refractivity contribution in [1.82, 2.24) is 5.32 Å². The summed E-state index contributed by atoms with van der Waals surface area (Å²) in [5.41, 5.74) is 1.27. The SMILES string of the molecule is CCCCOC1(NC(=O)/C=C/c2ccccc2)C(C)=CC(=O)C=C1C. The van der Waals surface area contributed by atoms with E-state index in [1.54, 1.807) is 6.08 Å². The molecule has 0 radical (unpaired) electrons. The molecule has 0 saturated heterocycles. The minimum absolute atomic E-state index is 0.0845. The maximum Gasteiger partial charge on any atom is 0.246 e. The Kier molecular flexibility index (Phi) is 6.48. The number of carbonyl (C=O) groups is 2. The van der Waals surface area contributed by atoms with Gasteiger partial charge in [-0.15, -0.1) is 0 Å². The molecular weight excluding hydrogens is 314 g/mol. The number of ether oxygens (including phenoxy) is 1. The largest absolute Gasteiger partial charge is 0.348 e. The van der Waals surface area contributed by atoms with Crippen molar-refractivity contribution in [2.75, 3.05) is 6.61 Å². The average Bonchev–Trinajstić information content (AvgIpc) is 2.58. The van der Waals surface area contributed by atoms with Crippen LogP contribution in [0.4, 0.5) is 0 Å². The van der Waals surface area contributed by atoms with Crippen molar-refractivity contribution in [3.63, 3.8) is 0 Å². The number of nitrogens with one attached hydrogen (secondary N) is 1. The Balaban J connectivity index is 2.20. The van der Waals surface area contributed by atoms with E-state index in [-0.39, 0.29) is 11.7 Å². The summed E-state index contributed by atoms with van der Waals surface area (Å²) in [5, 5.41) is 2.94. The highest BCUT2D eigenvalue weighted by atomic mass is 16.5. The number of amides is 1. The fraction of sp³-hybridized carbons (Fsp3) is 0.333. The van der Waals surface area contributed by atoms with Gasteiger partial charge in [0, 0.05) is 6.08 Å². The van der Waals surface area contributed by atoms with E-state index in [0.29, 0.717) is 17.8 Å². The van der Waals surface area contributed by atoms with Gasteiger partial charge in [-0.25, -0.2) is 0 Å². The Bertz CT molecular complexity index is 692. The fourth-order valence-electron chi connectivity index (χ4n) is 2.76. The molecule has 1 aromatic carbocycles. The molecule has 0 fully saturated rings. The van der Waals surface area contributed by atoms with Gasteiger partial charge in [0.2, 0.25) is 5.91 Å². The molecule has 1 aliphatic rings. The van der Waals surface area contributed by atoms with E-state index in [4.69, 9.17) is 4.74 Å². The number of allylic oxidation sites excluding steroid dienone is 2. The first-order chi connectivity index (χ1) is 12.0. The lowest BCUT2D eigenvalue weighted by atomic mass is 9.89. The topological polar surface area (TPSA) is 55.4 Å². The second kappa shape index (κ2) is 8.58. The average molecular weight is 339 g/mol. The molecule has 132 valence electrons. The van der Waals surface area contributed by atoms with Crippen molar-refractivity contribution in [3.05, 3.63) is 65.3 Å². The van der Waals surface area contributed by atoms with Crippen molar-refractivity contribution in [2.45, 2.75) is 39.3 Å². The lowest BCUT2D eigenvalue weighted by Crippen LogP contribution is -2.53. The number of unbranched alkanes of at least 4 members (excludes halogenated alkanes) is 1. The number of rotatable bonds is 7. The van der Waals surface area contributed by atoms with E-state index in [9.17, 15) is 9.59 Å².